The highest BCUT2D eigenvalue weighted by molar-refractivity contribution is 5.82. The average Bonchev–Trinajstić information content (AvgIpc) is 2.65. The fourth-order valence-corrected chi connectivity index (χ4v) is 3.67. The number of aromatic hydroxyl groups is 1. The quantitative estimate of drug-likeness (QED) is 0.741. The molecule has 2 heterocycles. The van der Waals surface area contributed by atoms with E-state index in [-0.39, 0.29) is 6.04 Å². The predicted octanol–water partition coefficient (Wildman–Crippen LogP) is 3.55. The fraction of sp³-hybridized carbons (Fsp3) is 0.333. The van der Waals surface area contributed by atoms with Crippen LogP contribution < -0.4 is 10.6 Å². The van der Waals surface area contributed by atoms with Crippen LogP contribution in [0, 0.1) is 13.8 Å². The number of hydrogen-bond donors (Lipinski definition) is 2. The summed E-state index contributed by atoms with van der Waals surface area (Å²) in [5, 5.41) is 10.0. The highest BCUT2D eigenvalue weighted by Crippen LogP contribution is 2.30. The predicted molar refractivity (Wildman–Crippen MR) is 106 cm³/mol. The van der Waals surface area contributed by atoms with Gasteiger partial charge in [-0.3, -0.25) is 4.98 Å². The van der Waals surface area contributed by atoms with Gasteiger partial charge < -0.3 is 15.7 Å². The maximum absolute atomic E-state index is 10.0. The zero-order valence-electron chi connectivity index (χ0n) is 15.2. The molecule has 0 saturated carbocycles. The third kappa shape index (κ3) is 3.10. The van der Waals surface area contributed by atoms with E-state index in [2.05, 4.69) is 22.0 Å². The second-order valence-electron chi connectivity index (χ2n) is 7.24. The first-order chi connectivity index (χ1) is 12.5. The number of nitrogens with zero attached hydrogens (tertiary/aromatic N) is 3. The molecule has 0 bridgehead atoms. The number of nitrogens with two attached hydrogens (primary N) is 1. The maximum Gasteiger partial charge on any atom is 0.147 e. The topological polar surface area (TPSA) is 75.3 Å². The van der Waals surface area contributed by atoms with E-state index >= 15 is 0 Å². The van der Waals surface area contributed by atoms with Crippen LogP contribution in [-0.4, -0.2) is 34.2 Å². The SMILES string of the molecule is Cc1cc(-c2ccc3ncc(N4CCCC(N)C4)nc3c2)cc(C)c1O. The molecular formula is C21H24N4O. The Morgan fingerprint density at radius 2 is 1.85 bits per heavy atom. The Hall–Kier alpha value is -2.66. The summed E-state index contributed by atoms with van der Waals surface area (Å²) in [6.07, 6.45) is 4.00. The van der Waals surface area contributed by atoms with Crippen molar-refractivity contribution in [2.45, 2.75) is 32.7 Å². The molecule has 5 heteroatoms. The molecule has 5 nitrogen and oxygen atoms in total. The summed E-state index contributed by atoms with van der Waals surface area (Å²) >= 11 is 0. The number of rotatable bonds is 2. The van der Waals surface area contributed by atoms with Gasteiger partial charge in [0.1, 0.15) is 11.6 Å². The van der Waals surface area contributed by atoms with E-state index in [4.69, 9.17) is 10.7 Å². The van der Waals surface area contributed by atoms with Crippen LogP contribution in [0.3, 0.4) is 0 Å². The number of benzene rings is 2. The highest BCUT2D eigenvalue weighted by Gasteiger charge is 2.18. The number of anilines is 1. The molecular weight excluding hydrogens is 324 g/mol. The normalized spacial score (nSPS) is 17.7. The molecule has 3 N–H and O–H groups in total. The van der Waals surface area contributed by atoms with Crippen molar-refractivity contribution in [3.05, 3.63) is 47.7 Å². The molecule has 1 aromatic heterocycles. The zero-order valence-corrected chi connectivity index (χ0v) is 15.2. The monoisotopic (exact) mass is 348 g/mol. The molecule has 26 heavy (non-hydrogen) atoms. The summed E-state index contributed by atoms with van der Waals surface area (Å²) in [5.41, 5.74) is 11.8. The Morgan fingerprint density at radius 3 is 2.58 bits per heavy atom. The lowest BCUT2D eigenvalue weighted by molar-refractivity contribution is 0.467. The van der Waals surface area contributed by atoms with Gasteiger partial charge in [-0.25, -0.2) is 4.98 Å². The van der Waals surface area contributed by atoms with E-state index in [1.807, 2.05) is 38.2 Å². The Labute approximate surface area is 153 Å². The van der Waals surface area contributed by atoms with Gasteiger partial charge in [-0.15, -0.1) is 0 Å². The van der Waals surface area contributed by atoms with Gasteiger partial charge in [-0.05, 0) is 73.2 Å². The van der Waals surface area contributed by atoms with Gasteiger partial charge in [-0.2, -0.15) is 0 Å². The molecule has 134 valence electrons. The maximum atomic E-state index is 10.0. The van der Waals surface area contributed by atoms with Crippen LogP contribution in [0.25, 0.3) is 22.2 Å². The minimum Gasteiger partial charge on any atom is -0.507 e. The van der Waals surface area contributed by atoms with Crippen molar-refractivity contribution in [3.63, 3.8) is 0 Å². The first-order valence-corrected chi connectivity index (χ1v) is 9.09. The second kappa shape index (κ2) is 6.57. The van der Waals surface area contributed by atoms with Crippen molar-refractivity contribution in [1.29, 1.82) is 0 Å². The third-order valence-electron chi connectivity index (χ3n) is 5.14. The van der Waals surface area contributed by atoms with E-state index in [9.17, 15) is 5.11 Å². The fourth-order valence-electron chi connectivity index (χ4n) is 3.67. The molecule has 1 saturated heterocycles. The van der Waals surface area contributed by atoms with Gasteiger partial charge in [0.15, 0.2) is 0 Å². The Balaban J connectivity index is 1.74. The van der Waals surface area contributed by atoms with Crippen molar-refractivity contribution in [3.8, 4) is 16.9 Å². The van der Waals surface area contributed by atoms with Crippen molar-refractivity contribution >= 4 is 16.9 Å². The number of hydrogen-bond acceptors (Lipinski definition) is 5. The highest BCUT2D eigenvalue weighted by atomic mass is 16.3. The summed E-state index contributed by atoms with van der Waals surface area (Å²) < 4.78 is 0. The lowest BCUT2D eigenvalue weighted by atomic mass is 9.99. The lowest BCUT2D eigenvalue weighted by Crippen LogP contribution is -2.43. The molecule has 1 aliphatic heterocycles. The Morgan fingerprint density at radius 1 is 1.08 bits per heavy atom. The number of aryl methyl sites for hydroxylation is 2. The molecule has 1 aliphatic rings. The number of aromatic nitrogens is 2. The van der Waals surface area contributed by atoms with E-state index in [1.165, 1.54) is 0 Å². The van der Waals surface area contributed by atoms with Crippen LogP contribution in [-0.2, 0) is 0 Å². The van der Waals surface area contributed by atoms with Gasteiger partial charge >= 0.3 is 0 Å². The first-order valence-electron chi connectivity index (χ1n) is 9.09. The summed E-state index contributed by atoms with van der Waals surface area (Å²) in [6.45, 7) is 5.65. The molecule has 2 aromatic carbocycles. The van der Waals surface area contributed by atoms with Crippen LogP contribution in [0.15, 0.2) is 36.5 Å². The van der Waals surface area contributed by atoms with Crippen LogP contribution in [0.4, 0.5) is 5.82 Å². The smallest absolute Gasteiger partial charge is 0.147 e. The second-order valence-corrected chi connectivity index (χ2v) is 7.24. The number of phenols is 1. The molecule has 0 aliphatic carbocycles. The van der Waals surface area contributed by atoms with Crippen molar-refractivity contribution < 1.29 is 5.11 Å². The van der Waals surface area contributed by atoms with Gasteiger partial charge in [0.2, 0.25) is 0 Å². The van der Waals surface area contributed by atoms with Crippen molar-refractivity contribution in [2.75, 3.05) is 18.0 Å². The van der Waals surface area contributed by atoms with Crippen molar-refractivity contribution in [2.24, 2.45) is 5.73 Å². The molecule has 3 aromatic rings. The van der Waals surface area contributed by atoms with E-state index in [0.717, 1.165) is 65.0 Å². The van der Waals surface area contributed by atoms with Crippen LogP contribution in [0.5, 0.6) is 5.75 Å². The van der Waals surface area contributed by atoms with E-state index in [1.54, 1.807) is 0 Å². The number of phenolic OH excluding ortho intramolecular Hbond substituents is 1. The van der Waals surface area contributed by atoms with Gasteiger partial charge in [-0.1, -0.05) is 6.07 Å². The Kier molecular flexibility index (Phi) is 4.24. The summed E-state index contributed by atoms with van der Waals surface area (Å²) in [6, 6.07) is 10.3. The largest absolute Gasteiger partial charge is 0.507 e. The molecule has 1 unspecified atom stereocenters. The Bertz CT molecular complexity index is 946. The summed E-state index contributed by atoms with van der Waals surface area (Å²) in [7, 11) is 0. The van der Waals surface area contributed by atoms with E-state index in [0.29, 0.717) is 5.75 Å². The standard InChI is InChI=1S/C21H24N4O/c1-13-8-16(9-14(2)21(13)26)15-5-6-18-19(10-15)24-20(11-23-18)25-7-3-4-17(22)12-25/h5-6,8-11,17,26H,3-4,7,12,22H2,1-2H3. The van der Waals surface area contributed by atoms with Crippen molar-refractivity contribution in [1.82, 2.24) is 9.97 Å². The summed E-state index contributed by atoms with van der Waals surface area (Å²) in [5.74, 6) is 1.25. The van der Waals surface area contributed by atoms with Crippen LogP contribution in [0.1, 0.15) is 24.0 Å². The minimum absolute atomic E-state index is 0.204. The van der Waals surface area contributed by atoms with Crippen LogP contribution in [0.2, 0.25) is 0 Å². The molecule has 0 spiro atoms. The number of piperidine rings is 1. The molecule has 1 fully saturated rings. The molecule has 0 amide bonds. The molecule has 1 atom stereocenters. The number of fused-ring (bicyclic) bond motifs is 1. The third-order valence-corrected chi connectivity index (χ3v) is 5.14. The lowest BCUT2D eigenvalue weighted by Gasteiger charge is -2.31. The molecule has 4 rings (SSSR count). The minimum atomic E-state index is 0.204. The van der Waals surface area contributed by atoms with Gasteiger partial charge in [0.05, 0.1) is 17.2 Å². The van der Waals surface area contributed by atoms with Crippen LogP contribution >= 0.6 is 0 Å². The van der Waals surface area contributed by atoms with Gasteiger partial charge in [0.25, 0.3) is 0 Å². The van der Waals surface area contributed by atoms with Gasteiger partial charge in [0, 0.05) is 19.1 Å². The average molecular weight is 348 g/mol. The summed E-state index contributed by atoms with van der Waals surface area (Å²) in [4.78, 5) is 11.6. The first kappa shape index (κ1) is 16.8. The van der Waals surface area contributed by atoms with E-state index < -0.39 is 0 Å². The zero-order chi connectivity index (χ0) is 18.3. The molecule has 0 radical (unpaired) electrons.